The topological polar surface area (TPSA) is 12.0 Å². The van der Waals surface area contributed by atoms with Crippen LogP contribution in [0.5, 0.6) is 0 Å². The summed E-state index contributed by atoms with van der Waals surface area (Å²) in [4.78, 5) is 0. The third-order valence-electron chi connectivity index (χ3n) is 3.84. The Bertz CT molecular complexity index is 438. The van der Waals surface area contributed by atoms with Gasteiger partial charge < -0.3 is 5.32 Å². The molecule has 0 bridgehead atoms. The van der Waals surface area contributed by atoms with Gasteiger partial charge in [-0.1, -0.05) is 24.6 Å². The largest absolute Gasteiger partial charge is 0.317 e. The van der Waals surface area contributed by atoms with Crippen LogP contribution in [0.1, 0.15) is 31.7 Å². The summed E-state index contributed by atoms with van der Waals surface area (Å²) in [6, 6.07) is 4.16. The zero-order chi connectivity index (χ0) is 12.6. The smallest absolute Gasteiger partial charge is 0.146 e. The molecule has 0 aliphatic heterocycles. The Kier molecular flexibility index (Phi) is 3.81. The average molecular weight is 321 g/mol. The molecule has 2 unspecified atom stereocenters. The minimum absolute atomic E-state index is 0.109. The molecule has 0 saturated heterocycles. The molecule has 0 aromatic heterocycles. The Hall–Kier alpha value is -0.120. The molecule has 0 radical (unpaired) electrons. The quantitative estimate of drug-likeness (QED) is 0.802. The maximum atomic E-state index is 14.2. The van der Waals surface area contributed by atoms with Gasteiger partial charge in [-0.05, 0) is 59.3 Å². The van der Waals surface area contributed by atoms with Crippen molar-refractivity contribution in [1.29, 1.82) is 0 Å². The van der Waals surface area contributed by atoms with E-state index in [1.807, 2.05) is 19.2 Å². The monoisotopic (exact) mass is 319 g/mol. The summed E-state index contributed by atoms with van der Waals surface area (Å²) in [5.41, 5.74) is 0.630. The molecular formula is C13H16BrClFN. The van der Waals surface area contributed by atoms with E-state index in [1.165, 1.54) is 0 Å². The Balaban J connectivity index is 2.38. The fourth-order valence-corrected chi connectivity index (χ4v) is 3.19. The first-order chi connectivity index (χ1) is 7.98. The van der Waals surface area contributed by atoms with Crippen LogP contribution >= 0.6 is 27.5 Å². The van der Waals surface area contributed by atoms with Gasteiger partial charge in [0.1, 0.15) is 5.82 Å². The van der Waals surface area contributed by atoms with Gasteiger partial charge in [0.2, 0.25) is 0 Å². The number of benzene rings is 1. The van der Waals surface area contributed by atoms with E-state index in [2.05, 4.69) is 28.2 Å². The second-order valence-electron chi connectivity index (χ2n) is 5.01. The zero-order valence-electron chi connectivity index (χ0n) is 9.99. The van der Waals surface area contributed by atoms with Crippen LogP contribution in [0, 0.1) is 5.82 Å². The van der Waals surface area contributed by atoms with E-state index in [0.717, 1.165) is 24.8 Å². The highest BCUT2D eigenvalue weighted by Gasteiger charge is 2.38. The van der Waals surface area contributed by atoms with Crippen LogP contribution in [0.25, 0.3) is 0 Å². The van der Waals surface area contributed by atoms with Crippen molar-refractivity contribution in [2.45, 2.75) is 37.6 Å². The van der Waals surface area contributed by atoms with Gasteiger partial charge in [-0.3, -0.25) is 0 Å². The van der Waals surface area contributed by atoms with Gasteiger partial charge in [-0.25, -0.2) is 4.39 Å². The molecule has 1 fully saturated rings. The van der Waals surface area contributed by atoms with Gasteiger partial charge in [0.25, 0.3) is 0 Å². The van der Waals surface area contributed by atoms with Crippen LogP contribution in [-0.2, 0) is 5.41 Å². The minimum Gasteiger partial charge on any atom is -0.317 e. The molecular weight excluding hydrogens is 305 g/mol. The van der Waals surface area contributed by atoms with E-state index < -0.39 is 0 Å². The van der Waals surface area contributed by atoms with Gasteiger partial charge in [0.15, 0.2) is 0 Å². The van der Waals surface area contributed by atoms with Crippen molar-refractivity contribution < 1.29 is 4.39 Å². The Labute approximate surface area is 115 Å². The predicted molar refractivity (Wildman–Crippen MR) is 73.2 cm³/mol. The third-order valence-corrected chi connectivity index (χ3v) is 5.09. The van der Waals surface area contributed by atoms with Crippen LogP contribution in [0.4, 0.5) is 4.39 Å². The van der Waals surface area contributed by atoms with Gasteiger partial charge >= 0.3 is 0 Å². The number of hydrogen-bond acceptors (Lipinski definition) is 1. The van der Waals surface area contributed by atoms with E-state index in [-0.39, 0.29) is 16.3 Å². The SMILES string of the molecule is CNC1CCC(C)(c2ccc(Br)c(Cl)c2F)C1. The van der Waals surface area contributed by atoms with Crippen molar-refractivity contribution in [2.24, 2.45) is 0 Å². The zero-order valence-corrected chi connectivity index (χ0v) is 12.3. The van der Waals surface area contributed by atoms with Crippen molar-refractivity contribution in [3.05, 3.63) is 33.0 Å². The summed E-state index contributed by atoms with van der Waals surface area (Å²) >= 11 is 9.20. The Morgan fingerprint density at radius 1 is 1.53 bits per heavy atom. The van der Waals surface area contributed by atoms with Gasteiger partial charge in [0.05, 0.1) is 5.02 Å². The molecule has 2 rings (SSSR count). The fourth-order valence-electron chi connectivity index (χ4n) is 2.72. The van der Waals surface area contributed by atoms with Crippen molar-refractivity contribution >= 4 is 27.5 Å². The number of rotatable bonds is 2. The fraction of sp³-hybridized carbons (Fsp3) is 0.538. The molecule has 1 aliphatic carbocycles. The number of hydrogen-bond donors (Lipinski definition) is 1. The third kappa shape index (κ3) is 2.38. The van der Waals surface area contributed by atoms with Crippen LogP contribution in [0.2, 0.25) is 5.02 Å². The summed E-state index contributed by atoms with van der Waals surface area (Å²) in [7, 11) is 1.96. The van der Waals surface area contributed by atoms with E-state index in [0.29, 0.717) is 10.5 Å². The molecule has 17 heavy (non-hydrogen) atoms. The summed E-state index contributed by atoms with van der Waals surface area (Å²) in [6.07, 6.45) is 3.03. The van der Waals surface area contributed by atoms with Gasteiger partial charge in [-0.15, -0.1) is 0 Å². The van der Waals surface area contributed by atoms with E-state index in [4.69, 9.17) is 11.6 Å². The summed E-state index contributed by atoms with van der Waals surface area (Å²) < 4.78 is 14.8. The molecule has 1 N–H and O–H groups in total. The number of nitrogens with one attached hydrogen (secondary N) is 1. The molecule has 2 atom stereocenters. The molecule has 1 aromatic rings. The number of halogens is 3. The summed E-state index contributed by atoms with van der Waals surface area (Å²) in [5.74, 6) is -0.278. The lowest BCUT2D eigenvalue weighted by Crippen LogP contribution is -2.26. The lowest BCUT2D eigenvalue weighted by molar-refractivity contribution is 0.440. The molecule has 1 nitrogen and oxygen atoms in total. The first-order valence-corrected chi connectivity index (χ1v) is 6.96. The van der Waals surface area contributed by atoms with Crippen LogP contribution < -0.4 is 5.32 Å². The highest BCUT2D eigenvalue weighted by molar-refractivity contribution is 9.10. The van der Waals surface area contributed by atoms with Gasteiger partial charge in [-0.2, -0.15) is 0 Å². The second-order valence-corrected chi connectivity index (χ2v) is 6.24. The minimum atomic E-state index is -0.278. The highest BCUT2D eigenvalue weighted by atomic mass is 79.9. The lowest BCUT2D eigenvalue weighted by atomic mass is 9.80. The normalized spacial score (nSPS) is 28.6. The maximum absolute atomic E-state index is 14.2. The van der Waals surface area contributed by atoms with Crippen molar-refractivity contribution in [3.8, 4) is 0 Å². The first-order valence-electron chi connectivity index (χ1n) is 5.79. The summed E-state index contributed by atoms with van der Waals surface area (Å²) in [5, 5.41) is 3.46. The molecule has 1 aromatic carbocycles. The molecule has 0 spiro atoms. The molecule has 0 amide bonds. The average Bonchev–Trinajstić information content (AvgIpc) is 2.69. The standard InChI is InChI=1S/C13H16BrClFN/c1-13(6-5-8(7-13)17-2)9-3-4-10(14)11(15)12(9)16/h3-4,8,17H,5-7H2,1-2H3. The van der Waals surface area contributed by atoms with E-state index in [9.17, 15) is 4.39 Å². The molecule has 0 heterocycles. The van der Waals surface area contributed by atoms with E-state index >= 15 is 0 Å². The predicted octanol–water partition coefficient (Wildman–Crippen LogP) is 4.27. The molecule has 94 valence electrons. The highest BCUT2D eigenvalue weighted by Crippen LogP contribution is 2.43. The van der Waals surface area contributed by atoms with Gasteiger partial charge in [0, 0.05) is 10.5 Å². The lowest BCUT2D eigenvalue weighted by Gasteiger charge is -2.26. The Morgan fingerprint density at radius 3 is 2.82 bits per heavy atom. The molecule has 1 aliphatic rings. The Morgan fingerprint density at radius 2 is 2.24 bits per heavy atom. The van der Waals surface area contributed by atoms with Crippen LogP contribution in [0.15, 0.2) is 16.6 Å². The van der Waals surface area contributed by atoms with Crippen LogP contribution in [0.3, 0.4) is 0 Å². The van der Waals surface area contributed by atoms with Crippen molar-refractivity contribution in [2.75, 3.05) is 7.05 Å². The van der Waals surface area contributed by atoms with Crippen molar-refractivity contribution in [3.63, 3.8) is 0 Å². The molecule has 4 heteroatoms. The molecule has 1 saturated carbocycles. The summed E-state index contributed by atoms with van der Waals surface area (Å²) in [6.45, 7) is 2.12. The second kappa shape index (κ2) is 4.87. The van der Waals surface area contributed by atoms with Crippen molar-refractivity contribution in [1.82, 2.24) is 5.32 Å². The van der Waals surface area contributed by atoms with Crippen LogP contribution in [-0.4, -0.2) is 13.1 Å². The maximum Gasteiger partial charge on any atom is 0.146 e. The van der Waals surface area contributed by atoms with E-state index in [1.54, 1.807) is 0 Å². The first kappa shape index (κ1) is 13.3.